The molecule has 0 amide bonds. The highest BCUT2D eigenvalue weighted by molar-refractivity contribution is 6.26. The van der Waals surface area contributed by atoms with E-state index in [0.29, 0.717) is 88.5 Å². The molecule has 7 heteroatoms. The molecule has 5 N–H and O–H groups in total. The van der Waals surface area contributed by atoms with Crippen molar-refractivity contribution in [3.05, 3.63) is 146 Å². The first kappa shape index (κ1) is 32.5. The van der Waals surface area contributed by atoms with Gasteiger partial charge in [-0.15, -0.1) is 0 Å². The van der Waals surface area contributed by atoms with Gasteiger partial charge in [0.15, 0.2) is 34.3 Å². The van der Waals surface area contributed by atoms with Crippen LogP contribution in [0.2, 0.25) is 0 Å². The number of ether oxygens (including phenoxy) is 1. The van der Waals surface area contributed by atoms with Gasteiger partial charge in [-0.3, -0.25) is 0 Å². The number of phenolic OH excluding ortho intramolecular Hbond substituents is 5. The van der Waals surface area contributed by atoms with Gasteiger partial charge in [-0.2, -0.15) is 0 Å². The second kappa shape index (κ2) is 12.7. The van der Waals surface area contributed by atoms with Crippen LogP contribution in [-0.4, -0.2) is 32.6 Å². The predicted molar refractivity (Wildman–Crippen MR) is 213 cm³/mol. The van der Waals surface area contributed by atoms with Gasteiger partial charge >= 0.3 is 0 Å². The molecule has 0 spiro atoms. The van der Waals surface area contributed by atoms with E-state index in [9.17, 15) is 25.5 Å². The van der Waals surface area contributed by atoms with Crippen LogP contribution in [-0.2, 0) is 0 Å². The van der Waals surface area contributed by atoms with Crippen LogP contribution >= 0.6 is 0 Å². The van der Waals surface area contributed by atoms with Crippen molar-refractivity contribution in [2.45, 2.75) is 0 Å². The summed E-state index contributed by atoms with van der Waals surface area (Å²) in [6.45, 7) is 0. The Morgan fingerprint density at radius 2 is 0.833 bits per heavy atom. The molecule has 0 fully saturated rings. The number of hydrogen-bond donors (Lipinski definition) is 5. The second-order valence-corrected chi connectivity index (χ2v) is 13.1. The lowest BCUT2D eigenvalue weighted by molar-refractivity contribution is 0.391. The Morgan fingerprint density at radius 1 is 0.389 bits per heavy atom. The molecule has 9 aromatic rings. The first-order chi connectivity index (χ1) is 26.4. The van der Waals surface area contributed by atoms with E-state index in [1.807, 2.05) is 133 Å². The summed E-state index contributed by atoms with van der Waals surface area (Å²) in [5, 5.41) is 60.8. The van der Waals surface area contributed by atoms with Crippen molar-refractivity contribution in [3.63, 3.8) is 0 Å². The average Bonchev–Trinajstić information content (AvgIpc) is 3.62. The summed E-state index contributed by atoms with van der Waals surface area (Å²) in [4.78, 5) is 0. The average molecular weight is 709 g/mol. The van der Waals surface area contributed by atoms with Gasteiger partial charge in [0.1, 0.15) is 11.3 Å². The van der Waals surface area contributed by atoms with E-state index in [0.717, 1.165) is 0 Å². The predicted octanol–water partition coefficient (Wildman–Crippen LogP) is 11.6. The van der Waals surface area contributed by atoms with Crippen molar-refractivity contribution in [1.29, 1.82) is 0 Å². The van der Waals surface area contributed by atoms with Crippen molar-refractivity contribution in [3.8, 4) is 90.1 Å². The SMILES string of the molecule is COc1c(-c2ccccc2)c(O)c(O)c(-c2ccccc2)c1-c1ccc(O)c2oc3c(ccc4c(-c5ccccc5)c(O)c(O)c(-c5ccccc5)c43)c12. The van der Waals surface area contributed by atoms with Crippen molar-refractivity contribution >= 4 is 32.7 Å². The summed E-state index contributed by atoms with van der Waals surface area (Å²) in [7, 11) is 1.52. The summed E-state index contributed by atoms with van der Waals surface area (Å²) in [6, 6.07) is 44.0. The van der Waals surface area contributed by atoms with Crippen LogP contribution in [0, 0.1) is 0 Å². The summed E-state index contributed by atoms with van der Waals surface area (Å²) < 4.78 is 12.9. The molecule has 1 heterocycles. The summed E-state index contributed by atoms with van der Waals surface area (Å²) in [6.07, 6.45) is 0. The molecule has 0 aliphatic carbocycles. The maximum Gasteiger partial charge on any atom is 0.177 e. The lowest BCUT2D eigenvalue weighted by Crippen LogP contribution is -1.97. The summed E-state index contributed by atoms with van der Waals surface area (Å²) >= 11 is 0. The van der Waals surface area contributed by atoms with E-state index in [2.05, 4.69) is 0 Å². The fourth-order valence-corrected chi connectivity index (χ4v) is 7.78. The molecule has 54 heavy (non-hydrogen) atoms. The molecule has 1 aromatic heterocycles. The molecule has 0 aliphatic rings. The minimum atomic E-state index is -0.338. The molecule has 9 rings (SSSR count). The smallest absolute Gasteiger partial charge is 0.177 e. The molecular weight excluding hydrogens is 677 g/mol. The lowest BCUT2D eigenvalue weighted by atomic mass is 9.85. The van der Waals surface area contributed by atoms with Crippen LogP contribution in [0.3, 0.4) is 0 Å². The maximum absolute atomic E-state index is 11.9. The molecule has 0 saturated carbocycles. The Kier molecular flexibility index (Phi) is 7.64. The van der Waals surface area contributed by atoms with E-state index >= 15 is 0 Å². The Labute approximate surface area is 309 Å². The number of hydrogen-bond acceptors (Lipinski definition) is 7. The largest absolute Gasteiger partial charge is 0.504 e. The Hall–Kier alpha value is -7.38. The normalized spacial score (nSPS) is 11.4. The lowest BCUT2D eigenvalue weighted by Gasteiger charge is -2.22. The fourth-order valence-electron chi connectivity index (χ4n) is 7.78. The number of furan rings is 1. The van der Waals surface area contributed by atoms with Gasteiger partial charge in [-0.05, 0) is 51.4 Å². The molecule has 0 atom stereocenters. The van der Waals surface area contributed by atoms with Crippen molar-refractivity contribution in [1.82, 2.24) is 0 Å². The number of methoxy groups -OCH3 is 1. The summed E-state index contributed by atoms with van der Waals surface area (Å²) in [5.41, 5.74) is 5.55. The highest BCUT2D eigenvalue weighted by Gasteiger charge is 2.31. The molecular formula is C47H32O7. The molecule has 7 nitrogen and oxygen atoms in total. The van der Waals surface area contributed by atoms with Crippen molar-refractivity contribution in [2.75, 3.05) is 7.11 Å². The zero-order valence-corrected chi connectivity index (χ0v) is 28.9. The Bertz CT molecular complexity index is 2880. The molecule has 0 bridgehead atoms. The van der Waals surface area contributed by atoms with Gasteiger partial charge in [0, 0.05) is 38.4 Å². The van der Waals surface area contributed by atoms with Gasteiger partial charge in [0.25, 0.3) is 0 Å². The number of phenols is 5. The Morgan fingerprint density at radius 3 is 1.39 bits per heavy atom. The standard InChI is InChI=1S/C47H32O7/c1-53-47-37(29-20-12-5-13-21-29)44(52)43(51)36(28-18-10-4-11-19-28)40(47)31-24-25-33(48)46-38(31)32-23-22-30-34(26-14-6-2-7-15-26)41(49)42(50)35(39(30)45(32)54-46)27-16-8-3-9-17-27/h2-25,48-52H,1H3. The molecule has 0 unspecified atom stereocenters. The van der Waals surface area contributed by atoms with Crippen LogP contribution in [0.1, 0.15) is 0 Å². The third-order valence-electron chi connectivity index (χ3n) is 10.1. The zero-order valence-electron chi connectivity index (χ0n) is 28.9. The van der Waals surface area contributed by atoms with Gasteiger partial charge in [0.05, 0.1) is 12.7 Å². The van der Waals surface area contributed by atoms with Gasteiger partial charge in [-0.1, -0.05) is 127 Å². The molecule has 262 valence electrons. The van der Waals surface area contributed by atoms with E-state index in [1.54, 1.807) is 6.07 Å². The van der Waals surface area contributed by atoms with E-state index < -0.39 is 0 Å². The highest BCUT2D eigenvalue weighted by atomic mass is 16.5. The number of fused-ring (bicyclic) bond motifs is 5. The topological polar surface area (TPSA) is 124 Å². The van der Waals surface area contributed by atoms with E-state index in [-0.39, 0.29) is 34.3 Å². The van der Waals surface area contributed by atoms with Crippen LogP contribution in [0.25, 0.3) is 88.3 Å². The van der Waals surface area contributed by atoms with Gasteiger partial charge in [-0.25, -0.2) is 0 Å². The quantitative estimate of drug-likeness (QED) is 0.109. The highest BCUT2D eigenvalue weighted by Crippen LogP contribution is 2.58. The van der Waals surface area contributed by atoms with Gasteiger partial charge in [0.2, 0.25) is 0 Å². The van der Waals surface area contributed by atoms with Crippen molar-refractivity contribution < 1.29 is 34.7 Å². The molecule has 0 aliphatic heterocycles. The van der Waals surface area contributed by atoms with E-state index in [4.69, 9.17) is 9.15 Å². The van der Waals surface area contributed by atoms with Crippen LogP contribution in [0.4, 0.5) is 0 Å². The number of benzene rings is 8. The Balaban J connectivity index is 1.48. The third-order valence-corrected chi connectivity index (χ3v) is 10.1. The maximum atomic E-state index is 11.9. The summed E-state index contributed by atoms with van der Waals surface area (Å²) in [5.74, 6) is -1.08. The van der Waals surface area contributed by atoms with E-state index in [1.165, 1.54) is 13.2 Å². The molecule has 0 radical (unpaired) electrons. The van der Waals surface area contributed by atoms with Crippen LogP contribution in [0.15, 0.2) is 150 Å². The van der Waals surface area contributed by atoms with Gasteiger partial charge < -0.3 is 34.7 Å². The fraction of sp³-hybridized carbons (Fsp3) is 0.0213. The zero-order chi connectivity index (χ0) is 37.1. The number of aromatic hydroxyl groups is 5. The van der Waals surface area contributed by atoms with Crippen molar-refractivity contribution in [2.24, 2.45) is 0 Å². The minimum Gasteiger partial charge on any atom is -0.504 e. The van der Waals surface area contributed by atoms with Crippen LogP contribution < -0.4 is 4.74 Å². The minimum absolute atomic E-state index is 0.128. The van der Waals surface area contributed by atoms with Crippen LogP contribution in [0.5, 0.6) is 34.5 Å². The monoisotopic (exact) mass is 708 g/mol. The number of rotatable bonds is 6. The second-order valence-electron chi connectivity index (χ2n) is 13.1. The molecule has 0 saturated heterocycles. The first-order valence-corrected chi connectivity index (χ1v) is 17.4. The third kappa shape index (κ3) is 4.83. The first-order valence-electron chi connectivity index (χ1n) is 17.4. The molecule has 8 aromatic carbocycles.